The Bertz CT molecular complexity index is 1350. The van der Waals surface area contributed by atoms with Gasteiger partial charge in [0.25, 0.3) is 0 Å². The van der Waals surface area contributed by atoms with Crippen molar-refractivity contribution < 1.29 is 57.5 Å². The van der Waals surface area contributed by atoms with Gasteiger partial charge in [0.05, 0.1) is 18.3 Å². The standard InChI is InChI=1S/C32H39NO12/c1-8-20(2)16-40-26-14-13-23(28(37)42-19-43-29(38)24-11-9-10-12-25(24)44-22(4)36)15-27(26)41-18-32(17-34,21(3)35)33-30(39)45-31(5,6)7/h9-15,17,20-21,35H,1-2,8,16,18-19H2,3-7H3,(H,33,39)/q-2. The molecule has 2 N–H and O–H groups in total. The molecule has 0 heterocycles. The SMILES string of the molecule is [CH2-]CC([CH2-])COc1ccc(C(=O)OCOC(=O)c2ccccc2OC(C)=O)cc1OCC(C=O)(NC(=O)OC(C)(C)C)C(C)O. The van der Waals surface area contributed by atoms with Crippen molar-refractivity contribution in [2.75, 3.05) is 20.0 Å². The molecule has 0 radical (unpaired) electrons. The van der Waals surface area contributed by atoms with E-state index in [0.717, 1.165) is 0 Å². The number of carbonyl (C=O) groups excluding carboxylic acids is 5. The Labute approximate surface area is 262 Å². The fraction of sp³-hybridized carbons (Fsp3) is 0.406. The molecule has 3 unspecified atom stereocenters. The highest BCUT2D eigenvalue weighted by molar-refractivity contribution is 5.94. The van der Waals surface area contributed by atoms with Gasteiger partial charge in [-0.3, -0.25) is 4.79 Å². The van der Waals surface area contributed by atoms with Crippen molar-refractivity contribution in [3.63, 3.8) is 0 Å². The number of esters is 3. The van der Waals surface area contributed by atoms with Gasteiger partial charge in [-0.25, -0.2) is 20.8 Å². The van der Waals surface area contributed by atoms with E-state index >= 15 is 0 Å². The van der Waals surface area contributed by atoms with Crippen LogP contribution in [0.25, 0.3) is 0 Å². The second-order valence-electron chi connectivity index (χ2n) is 10.9. The highest BCUT2D eigenvalue weighted by Gasteiger charge is 2.40. The minimum atomic E-state index is -1.94. The topological polar surface area (TPSA) is 173 Å². The third-order valence-electron chi connectivity index (χ3n) is 5.96. The van der Waals surface area contributed by atoms with E-state index in [1.165, 1.54) is 50.2 Å². The van der Waals surface area contributed by atoms with E-state index in [1.807, 2.05) is 0 Å². The second-order valence-corrected chi connectivity index (χ2v) is 10.9. The molecule has 0 aliphatic heterocycles. The Morgan fingerprint density at radius 2 is 1.64 bits per heavy atom. The van der Waals surface area contributed by atoms with Gasteiger partial charge in [0.1, 0.15) is 23.5 Å². The van der Waals surface area contributed by atoms with Gasteiger partial charge in [-0.05, 0) is 58.0 Å². The molecule has 2 aromatic rings. The van der Waals surface area contributed by atoms with Gasteiger partial charge < -0.3 is 57.5 Å². The van der Waals surface area contributed by atoms with E-state index in [9.17, 15) is 29.1 Å². The molecule has 0 bridgehead atoms. The number of aliphatic hydroxyl groups is 1. The van der Waals surface area contributed by atoms with Gasteiger partial charge in [0.15, 0.2) is 23.3 Å². The quantitative estimate of drug-likeness (QED) is 0.0959. The zero-order valence-electron chi connectivity index (χ0n) is 26.0. The maximum Gasteiger partial charge on any atom is 0.408 e. The smallest absolute Gasteiger partial charge is 0.408 e. The van der Waals surface area contributed by atoms with Gasteiger partial charge in [-0.2, -0.15) is 5.92 Å². The summed E-state index contributed by atoms with van der Waals surface area (Å²) in [5.74, 6) is -2.53. The number of nitrogens with one attached hydrogen (secondary N) is 1. The van der Waals surface area contributed by atoms with Crippen molar-refractivity contribution in [1.29, 1.82) is 0 Å². The predicted octanol–water partition coefficient (Wildman–Crippen LogP) is 3.86. The van der Waals surface area contributed by atoms with Crippen LogP contribution in [0, 0.1) is 19.8 Å². The Balaban J connectivity index is 2.23. The largest absolute Gasteiger partial charge is 0.492 e. The van der Waals surface area contributed by atoms with Crippen LogP contribution >= 0.6 is 0 Å². The van der Waals surface area contributed by atoms with Crippen molar-refractivity contribution in [3.05, 3.63) is 67.4 Å². The number of hydrogen-bond acceptors (Lipinski definition) is 12. The normalized spacial score (nSPS) is 13.7. The van der Waals surface area contributed by atoms with E-state index in [2.05, 4.69) is 19.2 Å². The number of ether oxygens (including phenoxy) is 6. The lowest BCUT2D eigenvalue weighted by atomic mass is 9.96. The molecule has 1 amide bonds. The van der Waals surface area contributed by atoms with Crippen LogP contribution < -0.4 is 19.5 Å². The molecule has 0 aliphatic carbocycles. The molecule has 13 nitrogen and oxygen atoms in total. The Morgan fingerprint density at radius 1 is 0.978 bits per heavy atom. The van der Waals surface area contributed by atoms with Crippen LogP contribution in [0.5, 0.6) is 17.2 Å². The Morgan fingerprint density at radius 3 is 2.24 bits per heavy atom. The summed E-state index contributed by atoms with van der Waals surface area (Å²) in [6.07, 6.45) is -1.59. The van der Waals surface area contributed by atoms with Crippen LogP contribution in [-0.4, -0.2) is 72.6 Å². The summed E-state index contributed by atoms with van der Waals surface area (Å²) in [6.45, 7) is 13.8. The first-order valence-electron chi connectivity index (χ1n) is 13.9. The van der Waals surface area contributed by atoms with Gasteiger partial charge in [-0.15, -0.1) is 0 Å². The molecule has 0 saturated carbocycles. The van der Waals surface area contributed by atoms with E-state index in [-0.39, 0.29) is 40.9 Å². The molecule has 0 aliphatic rings. The second kappa shape index (κ2) is 16.4. The molecule has 0 spiro atoms. The summed E-state index contributed by atoms with van der Waals surface area (Å²) in [4.78, 5) is 61.3. The van der Waals surface area contributed by atoms with Crippen LogP contribution in [0.1, 0.15) is 61.8 Å². The summed E-state index contributed by atoms with van der Waals surface area (Å²) < 4.78 is 31.9. The molecule has 2 rings (SSSR count). The maximum absolute atomic E-state index is 12.8. The minimum Gasteiger partial charge on any atom is -0.492 e. The molecular formula is C32H39NO12-2. The fourth-order valence-corrected chi connectivity index (χ4v) is 3.45. The zero-order chi connectivity index (χ0) is 33.8. The van der Waals surface area contributed by atoms with Crippen molar-refractivity contribution in [2.24, 2.45) is 5.92 Å². The maximum atomic E-state index is 12.8. The number of aldehydes is 1. The Kier molecular flexibility index (Phi) is 13.3. The average Bonchev–Trinajstić information content (AvgIpc) is 2.96. The number of hydrogen-bond donors (Lipinski definition) is 2. The molecular weight excluding hydrogens is 590 g/mol. The number of aliphatic hydroxyl groups excluding tert-OH is 1. The molecule has 2 aromatic carbocycles. The van der Waals surface area contributed by atoms with Crippen molar-refractivity contribution >= 4 is 30.3 Å². The Hall–Kier alpha value is -4.65. The van der Waals surface area contributed by atoms with Crippen molar-refractivity contribution in [3.8, 4) is 17.2 Å². The molecule has 45 heavy (non-hydrogen) atoms. The van der Waals surface area contributed by atoms with Crippen LogP contribution in [0.3, 0.4) is 0 Å². The van der Waals surface area contributed by atoms with Crippen LogP contribution in [0.15, 0.2) is 42.5 Å². The van der Waals surface area contributed by atoms with E-state index < -0.39 is 54.6 Å². The lowest BCUT2D eigenvalue weighted by molar-refractivity contribution is -0.131. The fourth-order valence-electron chi connectivity index (χ4n) is 3.45. The van der Waals surface area contributed by atoms with Crippen LogP contribution in [-0.2, 0) is 23.8 Å². The van der Waals surface area contributed by atoms with Crippen LogP contribution in [0.2, 0.25) is 0 Å². The lowest BCUT2D eigenvalue weighted by Crippen LogP contribution is -2.61. The first-order chi connectivity index (χ1) is 21.1. The molecule has 13 heteroatoms. The molecule has 0 fully saturated rings. The van der Waals surface area contributed by atoms with Crippen molar-refractivity contribution in [2.45, 2.75) is 58.3 Å². The third kappa shape index (κ3) is 11.4. The van der Waals surface area contributed by atoms with E-state index in [1.54, 1.807) is 26.8 Å². The number of para-hydroxylation sites is 1. The number of carbonyl (C=O) groups is 5. The predicted molar refractivity (Wildman–Crippen MR) is 160 cm³/mol. The van der Waals surface area contributed by atoms with E-state index in [4.69, 9.17) is 28.4 Å². The summed E-state index contributed by atoms with van der Waals surface area (Å²) in [7, 11) is 0. The summed E-state index contributed by atoms with van der Waals surface area (Å²) in [5, 5.41) is 12.8. The van der Waals surface area contributed by atoms with Crippen molar-refractivity contribution in [1.82, 2.24) is 5.32 Å². The van der Waals surface area contributed by atoms with E-state index in [0.29, 0.717) is 12.7 Å². The van der Waals surface area contributed by atoms with Crippen LogP contribution in [0.4, 0.5) is 4.79 Å². The molecule has 0 aromatic heterocycles. The summed E-state index contributed by atoms with van der Waals surface area (Å²) >= 11 is 0. The number of rotatable bonds is 15. The summed E-state index contributed by atoms with van der Waals surface area (Å²) in [5.41, 5.74) is -2.92. The molecule has 246 valence electrons. The number of amides is 1. The molecule has 0 saturated heterocycles. The van der Waals surface area contributed by atoms with Gasteiger partial charge in [0.2, 0.25) is 6.79 Å². The average molecular weight is 630 g/mol. The lowest BCUT2D eigenvalue weighted by Gasteiger charge is -2.33. The third-order valence-corrected chi connectivity index (χ3v) is 5.96. The number of alkyl carbamates (subject to hydrolysis) is 1. The first-order valence-corrected chi connectivity index (χ1v) is 13.9. The first kappa shape index (κ1) is 36.5. The monoisotopic (exact) mass is 629 g/mol. The highest BCUT2D eigenvalue weighted by Crippen LogP contribution is 2.31. The highest BCUT2D eigenvalue weighted by atomic mass is 16.7. The zero-order valence-corrected chi connectivity index (χ0v) is 26.0. The molecule has 3 atom stereocenters. The summed E-state index contributed by atoms with van der Waals surface area (Å²) in [6, 6.07) is 9.91. The van der Waals surface area contributed by atoms with Gasteiger partial charge >= 0.3 is 24.0 Å². The van der Waals surface area contributed by atoms with Gasteiger partial charge in [-0.1, -0.05) is 12.1 Å². The van der Waals surface area contributed by atoms with Gasteiger partial charge in [0, 0.05) is 6.92 Å². The minimum absolute atomic E-state index is 0.0214. The number of benzene rings is 2.